The summed E-state index contributed by atoms with van der Waals surface area (Å²) in [6, 6.07) is -0.441. The Labute approximate surface area is 123 Å². The van der Waals surface area contributed by atoms with Crippen LogP contribution >= 0.6 is 11.8 Å². The molecule has 20 heavy (non-hydrogen) atoms. The third kappa shape index (κ3) is 5.81. The van der Waals surface area contributed by atoms with Gasteiger partial charge < -0.3 is 15.7 Å². The number of hydrogen-bond donors (Lipinski definition) is 3. The SMILES string of the molecule is CC(C)C(CCNC(=O)C1CSC(=O)N1)CCC(=O)O. The molecular formula is C13H22N2O4S. The molecular weight excluding hydrogens is 280 g/mol. The predicted molar refractivity (Wildman–Crippen MR) is 77.6 cm³/mol. The van der Waals surface area contributed by atoms with Gasteiger partial charge in [-0.25, -0.2) is 0 Å². The van der Waals surface area contributed by atoms with Gasteiger partial charge in [0.15, 0.2) is 0 Å². The van der Waals surface area contributed by atoms with E-state index in [0.717, 1.165) is 18.2 Å². The van der Waals surface area contributed by atoms with Crippen molar-refractivity contribution < 1.29 is 19.5 Å². The highest BCUT2D eigenvalue weighted by Gasteiger charge is 2.27. The molecule has 0 radical (unpaired) electrons. The van der Waals surface area contributed by atoms with Crippen LogP contribution in [0.1, 0.15) is 33.1 Å². The van der Waals surface area contributed by atoms with Crippen molar-refractivity contribution in [1.82, 2.24) is 10.6 Å². The third-order valence-electron chi connectivity index (χ3n) is 3.48. The molecule has 0 saturated carbocycles. The van der Waals surface area contributed by atoms with Crippen LogP contribution in [-0.2, 0) is 9.59 Å². The third-order valence-corrected chi connectivity index (χ3v) is 4.36. The summed E-state index contributed by atoms with van der Waals surface area (Å²) in [6.07, 6.45) is 1.54. The molecule has 0 spiro atoms. The molecule has 0 bridgehead atoms. The van der Waals surface area contributed by atoms with Gasteiger partial charge in [0.05, 0.1) is 0 Å². The Morgan fingerprint density at radius 2 is 2.15 bits per heavy atom. The maximum absolute atomic E-state index is 11.8. The van der Waals surface area contributed by atoms with Crippen LogP contribution < -0.4 is 10.6 Å². The van der Waals surface area contributed by atoms with Crippen molar-refractivity contribution in [2.75, 3.05) is 12.3 Å². The topological polar surface area (TPSA) is 95.5 Å². The van der Waals surface area contributed by atoms with Crippen molar-refractivity contribution in [3.8, 4) is 0 Å². The van der Waals surface area contributed by atoms with Gasteiger partial charge >= 0.3 is 5.97 Å². The molecule has 0 aromatic carbocycles. The summed E-state index contributed by atoms with van der Waals surface area (Å²) in [6.45, 7) is 4.63. The van der Waals surface area contributed by atoms with Crippen molar-refractivity contribution in [2.24, 2.45) is 11.8 Å². The van der Waals surface area contributed by atoms with Gasteiger partial charge in [-0.2, -0.15) is 0 Å². The molecule has 2 unspecified atom stereocenters. The monoisotopic (exact) mass is 302 g/mol. The Balaban J connectivity index is 2.27. The van der Waals surface area contributed by atoms with Crippen LogP contribution in [0.5, 0.6) is 0 Å². The highest BCUT2D eigenvalue weighted by molar-refractivity contribution is 8.14. The van der Waals surface area contributed by atoms with Crippen molar-refractivity contribution in [1.29, 1.82) is 0 Å². The molecule has 0 aliphatic carbocycles. The minimum Gasteiger partial charge on any atom is -0.481 e. The van der Waals surface area contributed by atoms with Crippen LogP contribution in [0.2, 0.25) is 0 Å². The lowest BCUT2D eigenvalue weighted by Gasteiger charge is -2.20. The number of thioether (sulfide) groups is 1. The van der Waals surface area contributed by atoms with E-state index in [1.165, 1.54) is 0 Å². The quantitative estimate of drug-likeness (QED) is 0.631. The first-order valence-electron chi connectivity index (χ1n) is 6.83. The van der Waals surface area contributed by atoms with E-state index >= 15 is 0 Å². The van der Waals surface area contributed by atoms with Crippen LogP contribution in [-0.4, -0.2) is 40.6 Å². The number of carbonyl (C=O) groups is 3. The number of rotatable bonds is 8. The maximum atomic E-state index is 11.8. The van der Waals surface area contributed by atoms with Gasteiger partial charge in [0.25, 0.3) is 5.24 Å². The van der Waals surface area contributed by atoms with Crippen molar-refractivity contribution in [2.45, 2.75) is 39.2 Å². The standard InChI is InChI=1S/C13H22N2O4S/c1-8(2)9(3-4-11(16)17)5-6-14-12(18)10-7-20-13(19)15-10/h8-10H,3-7H2,1-2H3,(H,14,18)(H,15,19)(H,16,17). The summed E-state index contributed by atoms with van der Waals surface area (Å²) < 4.78 is 0. The summed E-state index contributed by atoms with van der Waals surface area (Å²) in [4.78, 5) is 33.4. The zero-order valence-corrected chi connectivity index (χ0v) is 12.7. The normalized spacial score (nSPS) is 19.8. The van der Waals surface area contributed by atoms with Gasteiger partial charge in [-0.05, 0) is 24.7 Å². The first-order chi connectivity index (χ1) is 9.40. The number of aliphatic carboxylic acids is 1. The molecule has 1 aliphatic rings. The second-order valence-electron chi connectivity index (χ2n) is 5.31. The second-order valence-corrected chi connectivity index (χ2v) is 6.30. The lowest BCUT2D eigenvalue weighted by molar-refractivity contribution is -0.137. The molecule has 114 valence electrons. The van der Waals surface area contributed by atoms with Gasteiger partial charge in [0.2, 0.25) is 5.91 Å². The van der Waals surface area contributed by atoms with Crippen molar-refractivity contribution in [3.05, 3.63) is 0 Å². The van der Waals surface area contributed by atoms with Crippen LogP contribution in [0.4, 0.5) is 4.79 Å². The van der Waals surface area contributed by atoms with Crippen LogP contribution in [0.25, 0.3) is 0 Å². The summed E-state index contributed by atoms with van der Waals surface area (Å²) in [5.41, 5.74) is 0. The molecule has 2 amide bonds. The largest absolute Gasteiger partial charge is 0.481 e. The molecule has 7 heteroatoms. The molecule has 1 rings (SSSR count). The smallest absolute Gasteiger partial charge is 0.303 e. The molecule has 0 aromatic rings. The van der Waals surface area contributed by atoms with Gasteiger partial charge in [-0.15, -0.1) is 0 Å². The average molecular weight is 302 g/mol. The molecule has 1 fully saturated rings. The molecule has 1 saturated heterocycles. The van der Waals surface area contributed by atoms with E-state index in [9.17, 15) is 14.4 Å². The minimum absolute atomic E-state index is 0.159. The van der Waals surface area contributed by atoms with Gasteiger partial charge in [-0.3, -0.25) is 14.4 Å². The van der Waals surface area contributed by atoms with E-state index in [1.807, 2.05) is 0 Å². The van der Waals surface area contributed by atoms with E-state index in [1.54, 1.807) is 0 Å². The summed E-state index contributed by atoms with van der Waals surface area (Å²) in [7, 11) is 0. The average Bonchev–Trinajstić information content (AvgIpc) is 2.79. The lowest BCUT2D eigenvalue weighted by Crippen LogP contribution is -2.43. The molecule has 0 aromatic heterocycles. The van der Waals surface area contributed by atoms with E-state index in [-0.39, 0.29) is 23.5 Å². The Morgan fingerprint density at radius 1 is 1.45 bits per heavy atom. The number of carbonyl (C=O) groups excluding carboxylic acids is 2. The zero-order chi connectivity index (χ0) is 15.1. The Kier molecular flexibility index (Phi) is 6.84. The molecule has 6 nitrogen and oxygen atoms in total. The fourth-order valence-corrected chi connectivity index (χ4v) is 2.93. The van der Waals surface area contributed by atoms with Gasteiger partial charge in [0, 0.05) is 18.7 Å². The van der Waals surface area contributed by atoms with Crippen LogP contribution in [0.15, 0.2) is 0 Å². The number of nitrogens with one attached hydrogen (secondary N) is 2. The Bertz CT molecular complexity index is 373. The van der Waals surface area contributed by atoms with E-state index < -0.39 is 12.0 Å². The summed E-state index contributed by atoms with van der Waals surface area (Å²) >= 11 is 1.11. The molecule has 1 aliphatic heterocycles. The Hall–Kier alpha value is -1.24. The summed E-state index contributed by atoms with van der Waals surface area (Å²) in [5, 5.41) is 13.9. The van der Waals surface area contributed by atoms with Crippen LogP contribution in [0.3, 0.4) is 0 Å². The van der Waals surface area contributed by atoms with E-state index in [2.05, 4.69) is 24.5 Å². The molecule has 3 N–H and O–H groups in total. The summed E-state index contributed by atoms with van der Waals surface area (Å²) in [5.74, 6) is 0.179. The Morgan fingerprint density at radius 3 is 2.65 bits per heavy atom. The fourth-order valence-electron chi connectivity index (χ4n) is 2.15. The lowest BCUT2D eigenvalue weighted by atomic mass is 9.88. The number of carboxylic acid groups (broad SMARTS) is 1. The number of amides is 2. The fraction of sp³-hybridized carbons (Fsp3) is 0.769. The zero-order valence-electron chi connectivity index (χ0n) is 11.8. The molecule has 1 heterocycles. The van der Waals surface area contributed by atoms with Crippen molar-refractivity contribution >= 4 is 28.9 Å². The van der Waals surface area contributed by atoms with E-state index in [4.69, 9.17) is 5.11 Å². The first kappa shape index (κ1) is 16.8. The first-order valence-corrected chi connectivity index (χ1v) is 7.81. The number of carboxylic acids is 1. The van der Waals surface area contributed by atoms with Crippen molar-refractivity contribution in [3.63, 3.8) is 0 Å². The van der Waals surface area contributed by atoms with Gasteiger partial charge in [-0.1, -0.05) is 25.6 Å². The highest BCUT2D eigenvalue weighted by Crippen LogP contribution is 2.20. The van der Waals surface area contributed by atoms with E-state index in [0.29, 0.717) is 24.6 Å². The minimum atomic E-state index is -0.787. The molecule has 2 atom stereocenters. The predicted octanol–water partition coefficient (Wildman–Crippen LogP) is 1.45. The number of hydrogen-bond acceptors (Lipinski definition) is 4. The highest BCUT2D eigenvalue weighted by atomic mass is 32.2. The van der Waals surface area contributed by atoms with Gasteiger partial charge in [0.1, 0.15) is 6.04 Å². The second kappa shape index (κ2) is 8.14. The van der Waals surface area contributed by atoms with Crippen LogP contribution in [0, 0.1) is 11.8 Å². The maximum Gasteiger partial charge on any atom is 0.303 e.